The summed E-state index contributed by atoms with van der Waals surface area (Å²) in [7, 11) is 0. The van der Waals surface area contributed by atoms with Gasteiger partial charge in [0.15, 0.2) is 0 Å². The maximum Gasteiger partial charge on any atom is 0.305 e. The van der Waals surface area contributed by atoms with Crippen molar-refractivity contribution in [3.63, 3.8) is 0 Å². The summed E-state index contributed by atoms with van der Waals surface area (Å²) >= 11 is 0. The second-order valence-electron chi connectivity index (χ2n) is 5.39. The molecule has 3 fully saturated rings. The molecule has 0 heterocycles. The Morgan fingerprint density at radius 1 is 1.29 bits per heavy atom. The molecular weight excluding hydrogens is 176 g/mol. The second kappa shape index (κ2) is 3.25. The zero-order valence-electron chi connectivity index (χ0n) is 9.38. The first-order valence-corrected chi connectivity index (χ1v) is 5.73. The van der Waals surface area contributed by atoms with Crippen LogP contribution >= 0.6 is 0 Å². The van der Waals surface area contributed by atoms with E-state index in [1.54, 1.807) is 0 Å². The molecule has 0 saturated heterocycles. The summed E-state index contributed by atoms with van der Waals surface area (Å²) in [4.78, 5) is 11.1. The van der Waals surface area contributed by atoms with Crippen molar-refractivity contribution in [1.29, 1.82) is 0 Å². The van der Waals surface area contributed by atoms with Gasteiger partial charge >= 0.3 is 5.97 Å². The number of esters is 1. The molecule has 0 radical (unpaired) electrons. The van der Waals surface area contributed by atoms with Crippen LogP contribution in [0, 0.1) is 17.3 Å². The number of ether oxygens (including phenoxy) is 1. The summed E-state index contributed by atoms with van der Waals surface area (Å²) in [5.74, 6) is 1.54. The van der Waals surface area contributed by atoms with Crippen LogP contribution in [0.3, 0.4) is 0 Å². The molecule has 14 heavy (non-hydrogen) atoms. The number of hydrogen-bond acceptors (Lipinski definition) is 2. The predicted octanol–water partition coefficient (Wildman–Crippen LogP) is 2.76. The van der Waals surface area contributed by atoms with Crippen LogP contribution in [0.25, 0.3) is 0 Å². The largest absolute Gasteiger partial charge is 0.462 e. The molecule has 3 atom stereocenters. The Hall–Kier alpha value is -0.530. The van der Waals surface area contributed by atoms with E-state index in [1.807, 2.05) is 6.92 Å². The van der Waals surface area contributed by atoms with Gasteiger partial charge in [0, 0.05) is 6.42 Å². The molecular formula is C12H20O2. The molecule has 0 aromatic heterocycles. The summed E-state index contributed by atoms with van der Waals surface area (Å²) in [5, 5.41) is 0. The standard InChI is InChI=1S/C12H20O2/c1-4-11(13)14-10-6-8-5-9(7-10)12(8,2)3/h8-10H,4-7H2,1-3H3/t8-,9+,10?. The molecule has 0 amide bonds. The zero-order valence-corrected chi connectivity index (χ0v) is 9.38. The Morgan fingerprint density at radius 3 is 2.29 bits per heavy atom. The first-order chi connectivity index (χ1) is 6.54. The van der Waals surface area contributed by atoms with Gasteiger partial charge in [0.05, 0.1) is 0 Å². The minimum Gasteiger partial charge on any atom is -0.462 e. The van der Waals surface area contributed by atoms with E-state index in [0.29, 0.717) is 11.8 Å². The maximum absolute atomic E-state index is 11.1. The van der Waals surface area contributed by atoms with Gasteiger partial charge in [-0.05, 0) is 36.5 Å². The summed E-state index contributed by atoms with van der Waals surface area (Å²) in [6.07, 6.45) is 4.27. The molecule has 3 saturated carbocycles. The van der Waals surface area contributed by atoms with Crippen molar-refractivity contribution in [3.8, 4) is 0 Å². The summed E-state index contributed by atoms with van der Waals surface area (Å²) in [5.41, 5.74) is 0.509. The lowest BCUT2D eigenvalue weighted by atomic mass is 9.48. The van der Waals surface area contributed by atoms with Crippen LogP contribution in [0.1, 0.15) is 46.5 Å². The van der Waals surface area contributed by atoms with Crippen molar-refractivity contribution in [2.24, 2.45) is 17.3 Å². The first kappa shape index (κ1) is 10.0. The van der Waals surface area contributed by atoms with Gasteiger partial charge in [-0.2, -0.15) is 0 Å². The number of fused-ring (bicyclic) bond motifs is 2. The van der Waals surface area contributed by atoms with E-state index in [0.717, 1.165) is 24.7 Å². The van der Waals surface area contributed by atoms with Crippen molar-refractivity contribution in [2.75, 3.05) is 0 Å². The van der Waals surface area contributed by atoms with E-state index in [2.05, 4.69) is 13.8 Å². The molecule has 2 nitrogen and oxygen atoms in total. The normalized spacial score (nSPS) is 38.6. The van der Waals surface area contributed by atoms with Crippen molar-refractivity contribution < 1.29 is 9.53 Å². The first-order valence-electron chi connectivity index (χ1n) is 5.73. The highest BCUT2D eigenvalue weighted by Crippen LogP contribution is 2.59. The van der Waals surface area contributed by atoms with Gasteiger partial charge in [-0.15, -0.1) is 0 Å². The maximum atomic E-state index is 11.1. The molecule has 3 aliphatic rings. The van der Waals surface area contributed by atoms with Crippen LogP contribution < -0.4 is 0 Å². The molecule has 0 spiro atoms. The van der Waals surface area contributed by atoms with Gasteiger partial charge in [0.2, 0.25) is 0 Å². The van der Waals surface area contributed by atoms with E-state index in [4.69, 9.17) is 4.74 Å². The Labute approximate surface area is 86.0 Å². The van der Waals surface area contributed by atoms with E-state index in [9.17, 15) is 4.79 Å². The van der Waals surface area contributed by atoms with E-state index < -0.39 is 0 Å². The van der Waals surface area contributed by atoms with Crippen LogP contribution in [0.5, 0.6) is 0 Å². The monoisotopic (exact) mass is 196 g/mol. The third kappa shape index (κ3) is 1.45. The fourth-order valence-corrected chi connectivity index (χ4v) is 3.02. The molecule has 0 aromatic carbocycles. The Morgan fingerprint density at radius 2 is 1.86 bits per heavy atom. The molecule has 2 heteroatoms. The molecule has 80 valence electrons. The van der Waals surface area contributed by atoms with Gasteiger partial charge in [-0.1, -0.05) is 20.8 Å². The number of carbonyl (C=O) groups is 1. The zero-order chi connectivity index (χ0) is 10.3. The lowest BCUT2D eigenvalue weighted by Crippen LogP contribution is -2.52. The lowest BCUT2D eigenvalue weighted by Gasteiger charge is -2.58. The Bertz CT molecular complexity index is 231. The Kier molecular flexibility index (Phi) is 2.32. The summed E-state index contributed by atoms with van der Waals surface area (Å²) in [6.45, 7) is 6.56. The highest BCUT2D eigenvalue weighted by molar-refractivity contribution is 5.69. The molecule has 0 aliphatic heterocycles. The topological polar surface area (TPSA) is 26.3 Å². The van der Waals surface area contributed by atoms with Gasteiger partial charge in [-0.3, -0.25) is 4.79 Å². The van der Waals surface area contributed by atoms with Crippen LogP contribution in [-0.2, 0) is 9.53 Å². The van der Waals surface area contributed by atoms with Gasteiger partial charge in [0.25, 0.3) is 0 Å². The fourth-order valence-electron chi connectivity index (χ4n) is 3.02. The van der Waals surface area contributed by atoms with Crippen molar-refractivity contribution in [1.82, 2.24) is 0 Å². The van der Waals surface area contributed by atoms with Crippen molar-refractivity contribution >= 4 is 5.97 Å². The molecule has 3 rings (SSSR count). The molecule has 1 unspecified atom stereocenters. The van der Waals surface area contributed by atoms with E-state index in [1.165, 1.54) is 6.42 Å². The lowest BCUT2D eigenvalue weighted by molar-refractivity contribution is -0.168. The van der Waals surface area contributed by atoms with Crippen molar-refractivity contribution in [3.05, 3.63) is 0 Å². The van der Waals surface area contributed by atoms with Gasteiger partial charge in [0.1, 0.15) is 6.10 Å². The summed E-state index contributed by atoms with van der Waals surface area (Å²) < 4.78 is 5.40. The quantitative estimate of drug-likeness (QED) is 0.635. The van der Waals surface area contributed by atoms with E-state index in [-0.39, 0.29) is 12.1 Å². The molecule has 2 bridgehead atoms. The highest BCUT2D eigenvalue weighted by Gasteiger charge is 2.53. The smallest absolute Gasteiger partial charge is 0.305 e. The number of rotatable bonds is 2. The van der Waals surface area contributed by atoms with Crippen molar-refractivity contribution in [2.45, 2.75) is 52.6 Å². The third-order valence-corrected chi connectivity index (χ3v) is 4.36. The Balaban J connectivity index is 1.88. The number of carbonyl (C=O) groups excluding carboxylic acids is 1. The SMILES string of the molecule is CCC(=O)OC1C[C@@H]2C[C@H](C1)C2(C)C. The minimum absolute atomic E-state index is 0.0332. The van der Waals surface area contributed by atoms with Crippen LogP contribution in [-0.4, -0.2) is 12.1 Å². The molecule has 3 aliphatic carbocycles. The van der Waals surface area contributed by atoms with Crippen LogP contribution in [0.15, 0.2) is 0 Å². The minimum atomic E-state index is -0.0332. The number of hydrogen-bond donors (Lipinski definition) is 0. The summed E-state index contributed by atoms with van der Waals surface area (Å²) in [6, 6.07) is 0. The highest BCUT2D eigenvalue weighted by atomic mass is 16.5. The predicted molar refractivity (Wildman–Crippen MR) is 54.8 cm³/mol. The van der Waals surface area contributed by atoms with Crippen LogP contribution in [0.2, 0.25) is 0 Å². The van der Waals surface area contributed by atoms with Gasteiger partial charge in [-0.25, -0.2) is 0 Å². The second-order valence-corrected chi connectivity index (χ2v) is 5.39. The molecule has 0 N–H and O–H groups in total. The average Bonchev–Trinajstić information content (AvgIpc) is 2.17. The molecule has 0 aromatic rings. The average molecular weight is 196 g/mol. The third-order valence-electron chi connectivity index (χ3n) is 4.36. The van der Waals surface area contributed by atoms with E-state index >= 15 is 0 Å². The van der Waals surface area contributed by atoms with Gasteiger partial charge < -0.3 is 4.74 Å². The fraction of sp³-hybridized carbons (Fsp3) is 0.917. The van der Waals surface area contributed by atoms with Crippen LogP contribution in [0.4, 0.5) is 0 Å².